The molecular weight excluding hydrogens is 162 g/mol. The Morgan fingerprint density at radius 3 is 2.42 bits per heavy atom. The summed E-state index contributed by atoms with van der Waals surface area (Å²) in [6, 6.07) is 0. The number of ether oxygens (including phenoxy) is 2. The van der Waals surface area contributed by atoms with Crippen LogP contribution in [0.4, 0.5) is 0 Å². The third-order valence-electron chi connectivity index (χ3n) is 1.04. The van der Waals surface area contributed by atoms with Crippen molar-refractivity contribution in [3.63, 3.8) is 0 Å². The minimum Gasteiger partial charge on any atom is -0.469 e. The number of carbonyl (C=O) groups excluding carboxylic acids is 2. The van der Waals surface area contributed by atoms with Gasteiger partial charge in [-0.25, -0.2) is 0 Å². The van der Waals surface area contributed by atoms with Crippen LogP contribution >= 0.6 is 0 Å². The van der Waals surface area contributed by atoms with E-state index in [0.717, 1.165) is 0 Å². The zero-order valence-corrected chi connectivity index (χ0v) is 7.05. The van der Waals surface area contributed by atoms with Crippen molar-refractivity contribution in [1.82, 2.24) is 0 Å². The van der Waals surface area contributed by atoms with E-state index in [2.05, 4.69) is 9.47 Å². The summed E-state index contributed by atoms with van der Waals surface area (Å²) in [5, 5.41) is 7.14. The van der Waals surface area contributed by atoms with Crippen molar-refractivity contribution >= 4 is 17.7 Å². The fourth-order valence-electron chi connectivity index (χ4n) is 0.486. The van der Waals surface area contributed by atoms with E-state index in [1.165, 1.54) is 14.0 Å². The van der Waals surface area contributed by atoms with E-state index in [9.17, 15) is 9.59 Å². The molecule has 12 heavy (non-hydrogen) atoms. The molecule has 0 aliphatic carbocycles. The summed E-state index contributed by atoms with van der Waals surface area (Å²) in [4.78, 5) is 20.8. The molecule has 0 saturated carbocycles. The molecule has 1 N–H and O–H groups in total. The highest BCUT2D eigenvalue weighted by atomic mass is 16.5. The topological polar surface area (TPSA) is 76.5 Å². The molecule has 0 fully saturated rings. The van der Waals surface area contributed by atoms with Gasteiger partial charge >= 0.3 is 11.9 Å². The number of esters is 2. The first-order chi connectivity index (χ1) is 5.56. The second-order valence-corrected chi connectivity index (χ2v) is 2.14. The van der Waals surface area contributed by atoms with E-state index in [1.807, 2.05) is 0 Å². The van der Waals surface area contributed by atoms with Gasteiger partial charge in [-0.15, -0.1) is 0 Å². The Hall–Kier alpha value is -1.39. The van der Waals surface area contributed by atoms with E-state index < -0.39 is 11.9 Å². The molecule has 0 aliphatic rings. The molecule has 0 rings (SSSR count). The monoisotopic (exact) mass is 173 g/mol. The van der Waals surface area contributed by atoms with Crippen molar-refractivity contribution in [1.29, 1.82) is 5.41 Å². The maximum Gasteiger partial charge on any atom is 0.311 e. The van der Waals surface area contributed by atoms with Crippen LogP contribution in [-0.4, -0.2) is 31.4 Å². The van der Waals surface area contributed by atoms with Gasteiger partial charge in [0, 0.05) is 6.92 Å². The largest absolute Gasteiger partial charge is 0.469 e. The summed E-state index contributed by atoms with van der Waals surface area (Å²) in [6.07, 6.45) is -0.135. The van der Waals surface area contributed by atoms with Crippen molar-refractivity contribution in [2.24, 2.45) is 0 Å². The lowest BCUT2D eigenvalue weighted by Crippen LogP contribution is -2.15. The molecule has 0 aromatic carbocycles. The first-order valence-electron chi connectivity index (χ1n) is 3.32. The van der Waals surface area contributed by atoms with Crippen LogP contribution in [0.5, 0.6) is 0 Å². The van der Waals surface area contributed by atoms with Crippen LogP contribution < -0.4 is 0 Å². The Balaban J connectivity index is 3.60. The van der Waals surface area contributed by atoms with Gasteiger partial charge in [-0.2, -0.15) is 0 Å². The minimum absolute atomic E-state index is 0.0250. The predicted molar refractivity (Wildman–Crippen MR) is 41.0 cm³/mol. The van der Waals surface area contributed by atoms with Gasteiger partial charge in [0.15, 0.2) is 0 Å². The fraction of sp³-hybridized carbons (Fsp3) is 0.571. The van der Waals surface area contributed by atoms with Crippen LogP contribution in [0.2, 0.25) is 0 Å². The van der Waals surface area contributed by atoms with Crippen molar-refractivity contribution in [2.45, 2.75) is 13.3 Å². The Morgan fingerprint density at radius 2 is 2.00 bits per heavy atom. The number of hydrogen-bond acceptors (Lipinski definition) is 5. The van der Waals surface area contributed by atoms with Gasteiger partial charge in [-0.05, 0) is 0 Å². The van der Waals surface area contributed by atoms with E-state index in [4.69, 9.17) is 5.41 Å². The molecular formula is C7H11NO4. The van der Waals surface area contributed by atoms with Crippen LogP contribution in [-0.2, 0) is 19.1 Å². The minimum atomic E-state index is -0.507. The molecule has 5 heteroatoms. The molecule has 0 aliphatic heterocycles. The van der Waals surface area contributed by atoms with Gasteiger partial charge in [0.2, 0.25) is 0 Å². The Bertz CT molecular complexity index is 200. The molecule has 0 aromatic heterocycles. The van der Waals surface area contributed by atoms with E-state index in [-0.39, 0.29) is 18.7 Å². The van der Waals surface area contributed by atoms with Gasteiger partial charge in [0.05, 0.1) is 19.2 Å². The highest BCUT2D eigenvalue weighted by Crippen LogP contribution is 1.89. The number of carbonyl (C=O) groups is 2. The molecule has 0 radical (unpaired) electrons. The maximum atomic E-state index is 10.6. The molecule has 0 atom stereocenters. The summed E-state index contributed by atoms with van der Waals surface area (Å²) in [6.45, 7) is 1.09. The second kappa shape index (κ2) is 5.29. The number of hydrogen-bond donors (Lipinski definition) is 1. The Labute approximate surface area is 70.2 Å². The van der Waals surface area contributed by atoms with Gasteiger partial charge < -0.3 is 14.9 Å². The van der Waals surface area contributed by atoms with E-state index >= 15 is 0 Å². The first-order valence-corrected chi connectivity index (χ1v) is 3.32. The summed E-state index contributed by atoms with van der Waals surface area (Å²) in [7, 11) is 1.24. The van der Waals surface area contributed by atoms with Crippen LogP contribution in [0, 0.1) is 5.41 Å². The Kier molecular flexibility index (Phi) is 4.67. The van der Waals surface area contributed by atoms with Crippen LogP contribution in [0.3, 0.4) is 0 Å². The molecule has 0 bridgehead atoms. The van der Waals surface area contributed by atoms with Crippen molar-refractivity contribution in [3.8, 4) is 0 Å². The third-order valence-corrected chi connectivity index (χ3v) is 1.04. The molecule has 0 spiro atoms. The highest BCUT2D eigenvalue weighted by molar-refractivity contribution is 5.98. The molecule has 0 heterocycles. The number of rotatable bonds is 4. The molecule has 68 valence electrons. The van der Waals surface area contributed by atoms with Gasteiger partial charge in [0.1, 0.15) is 6.61 Å². The molecule has 0 unspecified atom stereocenters. The highest BCUT2D eigenvalue weighted by Gasteiger charge is 2.06. The fourth-order valence-corrected chi connectivity index (χ4v) is 0.486. The van der Waals surface area contributed by atoms with Crippen molar-refractivity contribution < 1.29 is 19.1 Å². The normalized spacial score (nSPS) is 8.83. The van der Waals surface area contributed by atoms with Crippen LogP contribution in [0.15, 0.2) is 0 Å². The van der Waals surface area contributed by atoms with Crippen LogP contribution in [0.25, 0.3) is 0 Å². The molecule has 5 nitrogen and oxygen atoms in total. The molecule has 0 aromatic rings. The lowest BCUT2D eigenvalue weighted by molar-refractivity contribution is -0.141. The van der Waals surface area contributed by atoms with E-state index in [1.54, 1.807) is 0 Å². The molecule has 0 saturated heterocycles. The predicted octanol–water partition coefficient (Wildman–Crippen LogP) is 0.132. The summed E-state index contributed by atoms with van der Waals surface area (Å²) >= 11 is 0. The van der Waals surface area contributed by atoms with Gasteiger partial charge in [0.25, 0.3) is 0 Å². The smallest absolute Gasteiger partial charge is 0.311 e. The number of nitrogens with one attached hydrogen (secondary N) is 1. The zero-order valence-electron chi connectivity index (χ0n) is 7.05. The second-order valence-electron chi connectivity index (χ2n) is 2.14. The maximum absolute atomic E-state index is 10.6. The quantitative estimate of drug-likeness (QED) is 0.484. The molecule has 0 amide bonds. The third kappa shape index (κ3) is 5.40. The lowest BCUT2D eigenvalue weighted by atomic mass is 10.3. The lowest BCUT2D eigenvalue weighted by Gasteiger charge is -2.02. The number of methoxy groups -OCH3 is 1. The average Bonchev–Trinajstić information content (AvgIpc) is 2.00. The van der Waals surface area contributed by atoms with Crippen molar-refractivity contribution in [2.75, 3.05) is 13.7 Å². The van der Waals surface area contributed by atoms with Gasteiger partial charge in [-0.1, -0.05) is 0 Å². The zero-order chi connectivity index (χ0) is 9.56. The van der Waals surface area contributed by atoms with Crippen molar-refractivity contribution in [3.05, 3.63) is 0 Å². The summed E-state index contributed by atoms with van der Waals surface area (Å²) in [5.41, 5.74) is 0.0250. The van der Waals surface area contributed by atoms with Crippen LogP contribution in [0.1, 0.15) is 13.3 Å². The van der Waals surface area contributed by atoms with E-state index in [0.29, 0.717) is 0 Å². The summed E-state index contributed by atoms with van der Waals surface area (Å²) in [5.74, 6) is -0.975. The standard InChI is InChI=1S/C7H11NO4/c1-5(9)12-4-6(8)3-7(10)11-2/h8H,3-4H2,1-2H3. The first kappa shape index (κ1) is 10.6. The summed E-state index contributed by atoms with van der Waals surface area (Å²) < 4.78 is 8.79. The van der Waals surface area contributed by atoms with Gasteiger partial charge in [-0.3, -0.25) is 9.59 Å². The SMILES string of the molecule is COC(=O)CC(=N)COC(C)=O. The average molecular weight is 173 g/mol. The Morgan fingerprint density at radius 1 is 1.42 bits per heavy atom.